The summed E-state index contributed by atoms with van der Waals surface area (Å²) in [5.41, 5.74) is 0.357. The van der Waals surface area contributed by atoms with Gasteiger partial charge in [0, 0.05) is 24.5 Å². The first kappa shape index (κ1) is 13.4. The van der Waals surface area contributed by atoms with Gasteiger partial charge in [0.05, 0.1) is 5.69 Å². The zero-order valence-corrected chi connectivity index (χ0v) is 10.1. The second-order valence-corrected chi connectivity index (χ2v) is 4.24. The standard InChI is InChI=1S/C12H18N2O3/c1-3-12(2,5-7-15)14-10-4-6-13-8-9(10)11(16)17/h4,6,8,15H,3,5,7H2,1-2H3,(H,13,14)(H,16,17). The van der Waals surface area contributed by atoms with E-state index >= 15 is 0 Å². The molecule has 1 aromatic rings. The van der Waals surface area contributed by atoms with Crippen LogP contribution in [0.3, 0.4) is 0 Å². The van der Waals surface area contributed by atoms with E-state index in [0.717, 1.165) is 6.42 Å². The van der Waals surface area contributed by atoms with Gasteiger partial charge in [0.25, 0.3) is 0 Å². The minimum absolute atomic E-state index is 0.0603. The third kappa shape index (κ3) is 3.42. The summed E-state index contributed by atoms with van der Waals surface area (Å²) >= 11 is 0. The van der Waals surface area contributed by atoms with Crippen molar-refractivity contribution in [3.8, 4) is 0 Å². The van der Waals surface area contributed by atoms with Gasteiger partial charge in [0.15, 0.2) is 0 Å². The van der Waals surface area contributed by atoms with Gasteiger partial charge in [-0.15, -0.1) is 0 Å². The largest absolute Gasteiger partial charge is 0.478 e. The molecule has 0 aromatic carbocycles. The summed E-state index contributed by atoms with van der Waals surface area (Å²) in [4.78, 5) is 14.8. The molecule has 5 nitrogen and oxygen atoms in total. The fourth-order valence-corrected chi connectivity index (χ4v) is 1.57. The molecule has 0 spiro atoms. The first-order valence-corrected chi connectivity index (χ1v) is 5.59. The highest BCUT2D eigenvalue weighted by Crippen LogP contribution is 2.23. The van der Waals surface area contributed by atoms with Gasteiger partial charge in [-0.1, -0.05) is 6.92 Å². The number of hydrogen-bond donors (Lipinski definition) is 3. The van der Waals surface area contributed by atoms with Crippen LogP contribution in [0.5, 0.6) is 0 Å². The van der Waals surface area contributed by atoms with Gasteiger partial charge < -0.3 is 15.5 Å². The van der Waals surface area contributed by atoms with Gasteiger partial charge >= 0.3 is 5.97 Å². The van der Waals surface area contributed by atoms with Crippen LogP contribution < -0.4 is 5.32 Å². The summed E-state index contributed by atoms with van der Waals surface area (Å²) in [5.74, 6) is -1.01. The predicted molar refractivity (Wildman–Crippen MR) is 65.2 cm³/mol. The number of anilines is 1. The molecule has 0 fully saturated rings. The van der Waals surface area contributed by atoms with Crippen LogP contribution in [-0.4, -0.2) is 33.3 Å². The molecular weight excluding hydrogens is 220 g/mol. The smallest absolute Gasteiger partial charge is 0.339 e. The Morgan fingerprint density at radius 2 is 2.29 bits per heavy atom. The summed E-state index contributed by atoms with van der Waals surface area (Å²) in [6.45, 7) is 4.00. The molecule has 0 aliphatic rings. The molecule has 5 heteroatoms. The lowest BCUT2D eigenvalue weighted by Crippen LogP contribution is -2.35. The molecule has 1 heterocycles. The van der Waals surface area contributed by atoms with Crippen LogP contribution >= 0.6 is 0 Å². The molecule has 0 aliphatic carbocycles. The van der Waals surface area contributed by atoms with Crippen LogP contribution in [-0.2, 0) is 0 Å². The highest BCUT2D eigenvalue weighted by atomic mass is 16.4. The molecular formula is C12H18N2O3. The van der Waals surface area contributed by atoms with E-state index < -0.39 is 5.97 Å². The van der Waals surface area contributed by atoms with E-state index in [2.05, 4.69) is 10.3 Å². The second kappa shape index (κ2) is 5.63. The van der Waals surface area contributed by atoms with Gasteiger partial charge in [-0.3, -0.25) is 4.98 Å². The third-order valence-corrected chi connectivity index (χ3v) is 2.93. The van der Waals surface area contributed by atoms with Gasteiger partial charge in [-0.05, 0) is 25.8 Å². The number of aromatic carboxylic acids is 1. The van der Waals surface area contributed by atoms with Crippen molar-refractivity contribution in [1.29, 1.82) is 0 Å². The van der Waals surface area contributed by atoms with Crippen molar-refractivity contribution in [3.63, 3.8) is 0 Å². The molecule has 0 aliphatic heterocycles. The van der Waals surface area contributed by atoms with Crippen LogP contribution in [0.25, 0.3) is 0 Å². The van der Waals surface area contributed by atoms with E-state index in [1.54, 1.807) is 12.3 Å². The molecule has 0 bridgehead atoms. The Morgan fingerprint density at radius 3 is 2.82 bits per heavy atom. The number of aromatic nitrogens is 1. The first-order valence-electron chi connectivity index (χ1n) is 5.59. The van der Waals surface area contributed by atoms with E-state index in [9.17, 15) is 4.79 Å². The maximum absolute atomic E-state index is 11.0. The number of nitrogens with one attached hydrogen (secondary N) is 1. The number of hydrogen-bond acceptors (Lipinski definition) is 4. The Morgan fingerprint density at radius 1 is 1.59 bits per heavy atom. The second-order valence-electron chi connectivity index (χ2n) is 4.24. The monoisotopic (exact) mass is 238 g/mol. The summed E-state index contributed by atoms with van der Waals surface area (Å²) < 4.78 is 0. The van der Waals surface area contributed by atoms with Crippen LogP contribution in [0, 0.1) is 0 Å². The van der Waals surface area contributed by atoms with Crippen molar-refractivity contribution >= 4 is 11.7 Å². The Kier molecular flexibility index (Phi) is 4.45. The minimum atomic E-state index is -1.01. The predicted octanol–water partition coefficient (Wildman–Crippen LogP) is 1.74. The SMILES string of the molecule is CCC(C)(CCO)Nc1ccncc1C(=O)O. The number of carboxylic acid groups (broad SMARTS) is 1. The van der Waals surface area contributed by atoms with Gasteiger partial charge in [-0.2, -0.15) is 0 Å². The highest BCUT2D eigenvalue weighted by molar-refractivity contribution is 5.93. The Labute approximate surface area is 101 Å². The number of aliphatic hydroxyl groups excluding tert-OH is 1. The number of carbonyl (C=O) groups is 1. The quantitative estimate of drug-likeness (QED) is 0.703. The minimum Gasteiger partial charge on any atom is -0.478 e. The summed E-state index contributed by atoms with van der Waals surface area (Å²) in [6.07, 6.45) is 4.21. The lowest BCUT2D eigenvalue weighted by atomic mass is 9.94. The van der Waals surface area contributed by atoms with E-state index in [-0.39, 0.29) is 17.7 Å². The van der Waals surface area contributed by atoms with E-state index in [1.165, 1.54) is 6.20 Å². The zero-order chi connectivity index (χ0) is 12.9. The molecule has 0 saturated heterocycles. The van der Waals surface area contributed by atoms with Gasteiger partial charge in [0.1, 0.15) is 5.56 Å². The fourth-order valence-electron chi connectivity index (χ4n) is 1.57. The third-order valence-electron chi connectivity index (χ3n) is 2.93. The zero-order valence-electron chi connectivity index (χ0n) is 10.1. The van der Waals surface area contributed by atoms with E-state index in [4.69, 9.17) is 10.2 Å². The van der Waals surface area contributed by atoms with E-state index in [1.807, 2.05) is 13.8 Å². The molecule has 94 valence electrons. The molecule has 3 N–H and O–H groups in total. The molecule has 0 saturated carbocycles. The Hall–Kier alpha value is -1.62. The number of rotatable bonds is 6. The average molecular weight is 238 g/mol. The van der Waals surface area contributed by atoms with Gasteiger partial charge in [0.2, 0.25) is 0 Å². The number of carboxylic acids is 1. The summed E-state index contributed by atoms with van der Waals surface area (Å²) in [5, 5.41) is 21.2. The first-order chi connectivity index (χ1) is 8.02. The molecule has 1 atom stereocenters. The fraction of sp³-hybridized carbons (Fsp3) is 0.500. The van der Waals surface area contributed by atoms with Crippen molar-refractivity contribution in [1.82, 2.24) is 4.98 Å². The highest BCUT2D eigenvalue weighted by Gasteiger charge is 2.23. The van der Waals surface area contributed by atoms with Crippen LogP contribution in [0.15, 0.2) is 18.5 Å². The molecule has 1 rings (SSSR count). The average Bonchev–Trinajstić information content (AvgIpc) is 2.29. The van der Waals surface area contributed by atoms with Crippen molar-refractivity contribution < 1.29 is 15.0 Å². The molecule has 0 radical (unpaired) electrons. The lowest BCUT2D eigenvalue weighted by Gasteiger charge is -2.30. The van der Waals surface area contributed by atoms with Crippen molar-refractivity contribution in [2.24, 2.45) is 0 Å². The molecule has 0 amide bonds. The lowest BCUT2D eigenvalue weighted by molar-refractivity contribution is 0.0697. The van der Waals surface area contributed by atoms with Crippen LogP contribution in [0.2, 0.25) is 0 Å². The normalized spacial score (nSPS) is 14.1. The van der Waals surface area contributed by atoms with Crippen molar-refractivity contribution in [3.05, 3.63) is 24.0 Å². The maximum atomic E-state index is 11.0. The topological polar surface area (TPSA) is 82.5 Å². The van der Waals surface area contributed by atoms with E-state index in [0.29, 0.717) is 12.1 Å². The summed E-state index contributed by atoms with van der Waals surface area (Å²) in [7, 11) is 0. The Bertz CT molecular complexity index is 395. The number of aliphatic hydroxyl groups is 1. The Balaban J connectivity index is 2.97. The van der Waals surface area contributed by atoms with Gasteiger partial charge in [-0.25, -0.2) is 4.79 Å². The van der Waals surface area contributed by atoms with Crippen molar-refractivity contribution in [2.75, 3.05) is 11.9 Å². The summed E-state index contributed by atoms with van der Waals surface area (Å²) in [6, 6.07) is 1.63. The molecule has 17 heavy (non-hydrogen) atoms. The molecule has 1 unspecified atom stereocenters. The van der Waals surface area contributed by atoms with Crippen LogP contribution in [0.4, 0.5) is 5.69 Å². The number of nitrogens with zero attached hydrogens (tertiary/aromatic N) is 1. The maximum Gasteiger partial charge on any atom is 0.339 e. The van der Waals surface area contributed by atoms with Crippen LogP contribution in [0.1, 0.15) is 37.0 Å². The van der Waals surface area contributed by atoms with Crippen molar-refractivity contribution in [2.45, 2.75) is 32.2 Å². The number of pyridine rings is 1. The molecule has 1 aromatic heterocycles.